The molecule has 2 heteroatoms. The number of hydrogen-bond acceptors (Lipinski definition) is 2. The first-order valence-electron chi connectivity index (χ1n) is 5.12. The molecule has 78 valence electrons. The van der Waals surface area contributed by atoms with E-state index >= 15 is 0 Å². The summed E-state index contributed by atoms with van der Waals surface area (Å²) in [4.78, 5) is 0. The molecule has 0 spiro atoms. The van der Waals surface area contributed by atoms with Gasteiger partial charge >= 0.3 is 0 Å². The zero-order valence-corrected chi connectivity index (χ0v) is 9.18. The van der Waals surface area contributed by atoms with Crippen LogP contribution in [0.1, 0.15) is 33.6 Å². The normalized spacial score (nSPS) is 12.9. The van der Waals surface area contributed by atoms with Gasteiger partial charge in [-0.1, -0.05) is 20.4 Å². The number of nitrogens with one attached hydrogen (secondary N) is 1. The molecule has 1 atom stereocenters. The van der Waals surface area contributed by atoms with Gasteiger partial charge in [-0.25, -0.2) is 0 Å². The van der Waals surface area contributed by atoms with E-state index < -0.39 is 0 Å². The van der Waals surface area contributed by atoms with E-state index in [1.165, 1.54) is 12.7 Å². The Kier molecular flexibility index (Phi) is 7.80. The highest BCUT2D eigenvalue weighted by Gasteiger charge is 2.02. The Bertz CT molecular complexity index is 123. The molecule has 0 aliphatic rings. The summed E-state index contributed by atoms with van der Waals surface area (Å²) >= 11 is 0. The van der Waals surface area contributed by atoms with Crippen molar-refractivity contribution in [1.82, 2.24) is 5.32 Å². The molecule has 2 nitrogen and oxygen atoms in total. The van der Waals surface area contributed by atoms with Gasteiger partial charge in [0.2, 0.25) is 0 Å². The van der Waals surface area contributed by atoms with E-state index in [2.05, 4.69) is 32.7 Å². The van der Waals surface area contributed by atoms with Crippen LogP contribution in [0, 0.1) is 5.92 Å². The van der Waals surface area contributed by atoms with Crippen LogP contribution in [0.2, 0.25) is 0 Å². The molecule has 0 radical (unpaired) electrons. The van der Waals surface area contributed by atoms with E-state index in [0.717, 1.165) is 25.5 Å². The fourth-order valence-corrected chi connectivity index (χ4v) is 1.38. The Hall–Kier alpha value is -0.500. The molecule has 0 aliphatic heterocycles. The molecule has 0 aromatic heterocycles. The molecule has 0 amide bonds. The van der Waals surface area contributed by atoms with Crippen molar-refractivity contribution in [1.29, 1.82) is 0 Å². The maximum absolute atomic E-state index is 5.02. The van der Waals surface area contributed by atoms with Crippen LogP contribution in [0.5, 0.6) is 0 Å². The van der Waals surface area contributed by atoms with Crippen LogP contribution < -0.4 is 5.32 Å². The number of ether oxygens (including phenoxy) is 1. The number of hydrogen-bond donors (Lipinski definition) is 1. The standard InChI is InChI=1S/C11H23NO/c1-5-13-8-6-7-12-11(4)9-10(2)3/h5,10-12H,1,6-9H2,2-4H3. The highest BCUT2D eigenvalue weighted by atomic mass is 16.5. The lowest BCUT2D eigenvalue weighted by atomic mass is 10.1. The van der Waals surface area contributed by atoms with Crippen LogP contribution in [0.3, 0.4) is 0 Å². The van der Waals surface area contributed by atoms with Gasteiger partial charge in [0.15, 0.2) is 0 Å². The van der Waals surface area contributed by atoms with Crippen LogP contribution >= 0.6 is 0 Å². The van der Waals surface area contributed by atoms with Crippen LogP contribution in [0.4, 0.5) is 0 Å². The molecule has 1 N–H and O–H groups in total. The first-order valence-corrected chi connectivity index (χ1v) is 5.12. The fraction of sp³-hybridized carbons (Fsp3) is 0.818. The van der Waals surface area contributed by atoms with Crippen molar-refractivity contribution in [3.05, 3.63) is 12.8 Å². The molecule has 0 aromatic rings. The van der Waals surface area contributed by atoms with Gasteiger partial charge in [-0.15, -0.1) is 0 Å². The summed E-state index contributed by atoms with van der Waals surface area (Å²) < 4.78 is 5.02. The second-order valence-corrected chi connectivity index (χ2v) is 3.88. The second-order valence-electron chi connectivity index (χ2n) is 3.88. The zero-order valence-electron chi connectivity index (χ0n) is 9.18. The summed E-state index contributed by atoms with van der Waals surface area (Å²) in [6.07, 6.45) is 3.79. The van der Waals surface area contributed by atoms with Crippen molar-refractivity contribution in [3.8, 4) is 0 Å². The van der Waals surface area contributed by atoms with E-state index in [-0.39, 0.29) is 0 Å². The SMILES string of the molecule is C=COCCCNC(C)CC(C)C. The lowest BCUT2D eigenvalue weighted by Gasteiger charge is -2.15. The van der Waals surface area contributed by atoms with Crippen molar-refractivity contribution < 1.29 is 4.74 Å². The van der Waals surface area contributed by atoms with Crippen molar-refractivity contribution >= 4 is 0 Å². The molecule has 0 saturated carbocycles. The van der Waals surface area contributed by atoms with E-state index in [4.69, 9.17) is 4.74 Å². The van der Waals surface area contributed by atoms with Crippen molar-refractivity contribution in [3.63, 3.8) is 0 Å². The predicted molar refractivity (Wildman–Crippen MR) is 57.7 cm³/mol. The van der Waals surface area contributed by atoms with Crippen molar-refractivity contribution in [2.24, 2.45) is 5.92 Å². The van der Waals surface area contributed by atoms with E-state index in [9.17, 15) is 0 Å². The smallest absolute Gasteiger partial charge is 0.0885 e. The summed E-state index contributed by atoms with van der Waals surface area (Å²) in [5.74, 6) is 0.770. The maximum Gasteiger partial charge on any atom is 0.0885 e. The molecule has 0 bridgehead atoms. The Morgan fingerprint density at radius 2 is 2.08 bits per heavy atom. The van der Waals surface area contributed by atoms with Gasteiger partial charge in [-0.3, -0.25) is 0 Å². The van der Waals surface area contributed by atoms with Crippen molar-refractivity contribution in [2.75, 3.05) is 13.2 Å². The lowest BCUT2D eigenvalue weighted by molar-refractivity contribution is 0.242. The fourth-order valence-electron chi connectivity index (χ4n) is 1.38. The van der Waals surface area contributed by atoms with E-state index in [0.29, 0.717) is 6.04 Å². The summed E-state index contributed by atoms with van der Waals surface area (Å²) in [6.45, 7) is 12.0. The minimum atomic E-state index is 0.615. The molecular formula is C11H23NO. The average Bonchev–Trinajstić information content (AvgIpc) is 2.02. The second kappa shape index (κ2) is 8.11. The summed E-state index contributed by atoms with van der Waals surface area (Å²) in [7, 11) is 0. The minimum Gasteiger partial charge on any atom is -0.502 e. The first-order chi connectivity index (χ1) is 6.16. The third-order valence-corrected chi connectivity index (χ3v) is 1.87. The summed E-state index contributed by atoms with van der Waals surface area (Å²) in [6, 6.07) is 0.615. The lowest BCUT2D eigenvalue weighted by Crippen LogP contribution is -2.28. The maximum atomic E-state index is 5.02. The van der Waals surface area contributed by atoms with E-state index in [1.807, 2.05) is 0 Å². The quantitative estimate of drug-likeness (QED) is 0.463. The van der Waals surface area contributed by atoms with Crippen LogP contribution in [-0.4, -0.2) is 19.2 Å². The van der Waals surface area contributed by atoms with Gasteiger partial charge in [-0.05, 0) is 32.2 Å². The molecular weight excluding hydrogens is 162 g/mol. The highest BCUT2D eigenvalue weighted by Crippen LogP contribution is 2.03. The van der Waals surface area contributed by atoms with Gasteiger partial charge in [-0.2, -0.15) is 0 Å². The summed E-state index contributed by atoms with van der Waals surface area (Å²) in [5, 5.41) is 3.46. The van der Waals surface area contributed by atoms with Gasteiger partial charge in [0, 0.05) is 6.04 Å². The van der Waals surface area contributed by atoms with Gasteiger partial charge < -0.3 is 10.1 Å². The van der Waals surface area contributed by atoms with Crippen LogP contribution in [0.25, 0.3) is 0 Å². The third kappa shape index (κ3) is 9.41. The third-order valence-electron chi connectivity index (χ3n) is 1.87. The first kappa shape index (κ1) is 12.5. The molecule has 0 aliphatic carbocycles. The average molecular weight is 185 g/mol. The molecule has 0 rings (SSSR count). The molecule has 13 heavy (non-hydrogen) atoms. The predicted octanol–water partition coefficient (Wildman–Crippen LogP) is 2.56. The Morgan fingerprint density at radius 3 is 2.62 bits per heavy atom. The summed E-state index contributed by atoms with van der Waals surface area (Å²) in [5.41, 5.74) is 0. The highest BCUT2D eigenvalue weighted by molar-refractivity contribution is 4.62. The van der Waals surface area contributed by atoms with Gasteiger partial charge in [0.05, 0.1) is 12.9 Å². The zero-order chi connectivity index (χ0) is 10.1. The molecule has 0 heterocycles. The number of rotatable bonds is 8. The topological polar surface area (TPSA) is 21.3 Å². The largest absolute Gasteiger partial charge is 0.502 e. The Morgan fingerprint density at radius 1 is 1.38 bits per heavy atom. The Labute approximate surface area is 82.4 Å². The molecule has 0 fully saturated rings. The van der Waals surface area contributed by atoms with Crippen LogP contribution in [-0.2, 0) is 4.74 Å². The Balaban J connectivity index is 3.16. The monoisotopic (exact) mass is 185 g/mol. The minimum absolute atomic E-state index is 0.615. The van der Waals surface area contributed by atoms with Crippen molar-refractivity contribution in [2.45, 2.75) is 39.7 Å². The van der Waals surface area contributed by atoms with Gasteiger partial charge in [0.25, 0.3) is 0 Å². The van der Waals surface area contributed by atoms with E-state index in [1.54, 1.807) is 0 Å². The van der Waals surface area contributed by atoms with Gasteiger partial charge in [0.1, 0.15) is 0 Å². The molecule has 0 aromatic carbocycles. The van der Waals surface area contributed by atoms with Crippen LogP contribution in [0.15, 0.2) is 12.8 Å². The molecule has 1 unspecified atom stereocenters. The molecule has 0 saturated heterocycles.